The maximum Gasteiger partial charge on any atom is 0.283 e. The predicted molar refractivity (Wildman–Crippen MR) is 62.3 cm³/mol. The van der Waals surface area contributed by atoms with Gasteiger partial charge < -0.3 is 14.2 Å². The van der Waals surface area contributed by atoms with Gasteiger partial charge in [-0.25, -0.2) is 0 Å². The molecule has 0 aromatic carbocycles. The van der Waals surface area contributed by atoms with Crippen LogP contribution in [0.4, 0.5) is 0 Å². The third-order valence-corrected chi connectivity index (χ3v) is 2.35. The van der Waals surface area contributed by atoms with Crippen molar-refractivity contribution in [1.82, 2.24) is 20.4 Å². The summed E-state index contributed by atoms with van der Waals surface area (Å²) >= 11 is 0. The van der Waals surface area contributed by atoms with Gasteiger partial charge in [0.1, 0.15) is 0 Å². The number of hydrogen-bond acceptors (Lipinski definition) is 6. The summed E-state index contributed by atoms with van der Waals surface area (Å²) < 4.78 is 10.7. The normalized spacial score (nSPS) is 11.2. The lowest BCUT2D eigenvalue weighted by molar-refractivity contribution is 0.290. The fourth-order valence-electron chi connectivity index (χ4n) is 1.43. The van der Waals surface area contributed by atoms with Crippen molar-refractivity contribution < 1.29 is 8.83 Å². The van der Waals surface area contributed by atoms with E-state index in [4.69, 9.17) is 8.83 Å². The second-order valence-electron chi connectivity index (χ2n) is 3.82. The van der Waals surface area contributed by atoms with Crippen LogP contribution >= 0.6 is 0 Å². The highest BCUT2D eigenvalue weighted by Gasteiger charge is 2.11. The molecule has 0 saturated heterocycles. The van der Waals surface area contributed by atoms with Gasteiger partial charge in [0.2, 0.25) is 5.89 Å². The molecule has 2 rings (SSSR count). The van der Waals surface area contributed by atoms with Crippen molar-refractivity contribution in [2.45, 2.75) is 6.54 Å². The van der Waals surface area contributed by atoms with Crippen LogP contribution in [-0.4, -0.2) is 42.3 Å². The molecular weight excluding hydrogens is 220 g/mol. The van der Waals surface area contributed by atoms with Gasteiger partial charge in [0, 0.05) is 13.1 Å². The molecule has 0 radical (unpaired) electrons. The van der Waals surface area contributed by atoms with Crippen molar-refractivity contribution in [2.24, 2.45) is 0 Å². The minimum Gasteiger partial charge on any atom is -0.459 e. The van der Waals surface area contributed by atoms with E-state index in [1.807, 2.05) is 14.1 Å². The Hall–Kier alpha value is -1.66. The SMILES string of the molecule is CNCCN(C)Cc1nnc(-c2ccco2)o1. The van der Waals surface area contributed by atoms with Crippen LogP contribution in [-0.2, 0) is 6.54 Å². The molecule has 6 heteroatoms. The molecule has 0 amide bonds. The smallest absolute Gasteiger partial charge is 0.283 e. The van der Waals surface area contributed by atoms with Crippen molar-refractivity contribution in [3.05, 3.63) is 24.3 Å². The third-order valence-electron chi connectivity index (χ3n) is 2.35. The highest BCUT2D eigenvalue weighted by Crippen LogP contribution is 2.18. The average Bonchev–Trinajstić information content (AvgIpc) is 2.95. The van der Waals surface area contributed by atoms with Gasteiger partial charge in [-0.15, -0.1) is 10.2 Å². The molecule has 6 nitrogen and oxygen atoms in total. The molecule has 2 aromatic heterocycles. The molecule has 17 heavy (non-hydrogen) atoms. The second-order valence-corrected chi connectivity index (χ2v) is 3.82. The fourth-order valence-corrected chi connectivity index (χ4v) is 1.43. The Morgan fingerprint density at radius 3 is 3.00 bits per heavy atom. The summed E-state index contributed by atoms with van der Waals surface area (Å²) in [4.78, 5) is 2.11. The maximum atomic E-state index is 5.50. The maximum absolute atomic E-state index is 5.50. The number of hydrogen-bond donors (Lipinski definition) is 1. The topological polar surface area (TPSA) is 67.3 Å². The van der Waals surface area contributed by atoms with E-state index < -0.39 is 0 Å². The Morgan fingerprint density at radius 1 is 1.41 bits per heavy atom. The fraction of sp³-hybridized carbons (Fsp3) is 0.455. The molecular formula is C11H16N4O2. The quantitative estimate of drug-likeness (QED) is 0.806. The summed E-state index contributed by atoms with van der Waals surface area (Å²) in [5.74, 6) is 1.61. The Labute approximate surface area is 99.6 Å². The van der Waals surface area contributed by atoms with E-state index in [1.54, 1.807) is 18.4 Å². The Balaban J connectivity index is 1.94. The van der Waals surface area contributed by atoms with Gasteiger partial charge in [0.25, 0.3) is 5.89 Å². The van der Waals surface area contributed by atoms with E-state index >= 15 is 0 Å². The third kappa shape index (κ3) is 3.15. The van der Waals surface area contributed by atoms with E-state index in [9.17, 15) is 0 Å². The molecule has 0 fully saturated rings. The number of nitrogens with one attached hydrogen (secondary N) is 1. The average molecular weight is 236 g/mol. The van der Waals surface area contributed by atoms with Crippen LogP contribution in [0.15, 0.2) is 27.2 Å². The summed E-state index contributed by atoms with van der Waals surface area (Å²) in [7, 11) is 3.93. The zero-order valence-corrected chi connectivity index (χ0v) is 10.0. The number of rotatable bonds is 6. The van der Waals surface area contributed by atoms with Crippen molar-refractivity contribution in [3.63, 3.8) is 0 Å². The van der Waals surface area contributed by atoms with Crippen LogP contribution in [0.5, 0.6) is 0 Å². The van der Waals surface area contributed by atoms with Crippen LogP contribution in [0.3, 0.4) is 0 Å². The van der Waals surface area contributed by atoms with Crippen molar-refractivity contribution in [3.8, 4) is 11.7 Å². The minimum atomic E-state index is 0.423. The summed E-state index contributed by atoms with van der Waals surface area (Å²) in [5, 5.41) is 11.0. The highest BCUT2D eigenvalue weighted by atomic mass is 16.4. The molecule has 92 valence electrons. The first-order chi connectivity index (χ1) is 8.29. The first-order valence-corrected chi connectivity index (χ1v) is 5.49. The lowest BCUT2D eigenvalue weighted by Crippen LogP contribution is -2.27. The van der Waals surface area contributed by atoms with Crippen LogP contribution in [0.25, 0.3) is 11.7 Å². The Kier molecular flexibility index (Phi) is 3.89. The zero-order valence-electron chi connectivity index (χ0n) is 10.0. The van der Waals surface area contributed by atoms with Gasteiger partial charge in [-0.1, -0.05) is 0 Å². The van der Waals surface area contributed by atoms with E-state index in [0.29, 0.717) is 24.1 Å². The molecule has 0 saturated carbocycles. The molecule has 2 aromatic rings. The number of aromatic nitrogens is 2. The zero-order chi connectivity index (χ0) is 12.1. The first-order valence-electron chi connectivity index (χ1n) is 5.49. The van der Waals surface area contributed by atoms with Crippen LogP contribution in [0.2, 0.25) is 0 Å². The van der Waals surface area contributed by atoms with Gasteiger partial charge in [0.05, 0.1) is 12.8 Å². The summed E-state index contributed by atoms with van der Waals surface area (Å²) in [6.45, 7) is 2.49. The summed E-state index contributed by atoms with van der Waals surface area (Å²) in [6, 6.07) is 3.58. The van der Waals surface area contributed by atoms with Gasteiger partial charge >= 0.3 is 0 Å². The van der Waals surface area contributed by atoms with E-state index in [0.717, 1.165) is 13.1 Å². The molecule has 0 atom stereocenters. The Bertz CT molecular complexity index is 438. The standard InChI is InChI=1S/C11H16N4O2/c1-12-5-6-15(2)8-10-13-14-11(17-10)9-4-3-7-16-9/h3-4,7,12H,5-6,8H2,1-2H3. The molecule has 0 aliphatic rings. The van der Waals surface area contributed by atoms with Gasteiger partial charge in [0.15, 0.2) is 5.76 Å². The van der Waals surface area contributed by atoms with Gasteiger partial charge in [-0.3, -0.25) is 4.90 Å². The second kappa shape index (κ2) is 5.60. The molecule has 1 N–H and O–H groups in total. The first kappa shape index (κ1) is 11.8. The predicted octanol–water partition coefficient (Wildman–Crippen LogP) is 0.981. The summed E-state index contributed by atoms with van der Waals surface area (Å²) in [6.07, 6.45) is 1.58. The number of nitrogens with zero attached hydrogens (tertiary/aromatic N) is 3. The molecule has 0 aliphatic carbocycles. The van der Waals surface area contributed by atoms with Crippen molar-refractivity contribution in [2.75, 3.05) is 27.2 Å². The monoisotopic (exact) mass is 236 g/mol. The lowest BCUT2D eigenvalue weighted by Gasteiger charge is -2.12. The number of furan rings is 1. The minimum absolute atomic E-state index is 0.423. The van der Waals surface area contributed by atoms with Crippen molar-refractivity contribution in [1.29, 1.82) is 0 Å². The molecule has 2 heterocycles. The molecule has 0 bridgehead atoms. The highest BCUT2D eigenvalue weighted by molar-refractivity contribution is 5.42. The van der Waals surface area contributed by atoms with Gasteiger partial charge in [-0.2, -0.15) is 0 Å². The van der Waals surface area contributed by atoms with E-state index in [-0.39, 0.29) is 0 Å². The Morgan fingerprint density at radius 2 is 2.29 bits per heavy atom. The van der Waals surface area contributed by atoms with Crippen LogP contribution in [0, 0.1) is 0 Å². The van der Waals surface area contributed by atoms with E-state index in [1.165, 1.54) is 0 Å². The molecule has 0 spiro atoms. The largest absolute Gasteiger partial charge is 0.459 e. The molecule has 0 unspecified atom stereocenters. The summed E-state index contributed by atoms with van der Waals surface area (Å²) in [5.41, 5.74) is 0. The number of likely N-dealkylation sites (N-methyl/N-ethyl adjacent to an activating group) is 2. The van der Waals surface area contributed by atoms with Crippen LogP contribution in [0.1, 0.15) is 5.89 Å². The van der Waals surface area contributed by atoms with Gasteiger partial charge in [-0.05, 0) is 26.2 Å². The van der Waals surface area contributed by atoms with Crippen molar-refractivity contribution >= 4 is 0 Å². The van der Waals surface area contributed by atoms with Crippen LogP contribution < -0.4 is 5.32 Å². The lowest BCUT2D eigenvalue weighted by atomic mass is 10.4. The van der Waals surface area contributed by atoms with E-state index in [2.05, 4.69) is 20.4 Å². The molecule has 0 aliphatic heterocycles.